The summed E-state index contributed by atoms with van der Waals surface area (Å²) in [6.45, 7) is 13.5. The molecule has 0 aliphatic heterocycles. The lowest BCUT2D eigenvalue weighted by Gasteiger charge is -2.09. The number of unbranched alkanes of at least 4 members (excludes halogenated alkanes) is 17. The van der Waals surface area contributed by atoms with Gasteiger partial charge in [0.1, 0.15) is 6.61 Å². The minimum Gasteiger partial charge on any atom is -0.463 e. The SMILES string of the molecule is CCCCCCCCCCCCCCCCOCCOCCOCCOCCOCCOCCOCCOCCOC(=O)CCCCCCC. The summed E-state index contributed by atoms with van der Waals surface area (Å²) in [5, 5.41) is 0. The first-order valence-electron chi connectivity index (χ1n) is 20.6. The van der Waals surface area contributed by atoms with Crippen molar-refractivity contribution < 1.29 is 47.4 Å². The third kappa shape index (κ3) is 45.2. The maximum atomic E-state index is 11.6. The molecule has 10 heteroatoms. The maximum Gasteiger partial charge on any atom is 0.305 e. The molecular weight excluding hydrogens is 640 g/mol. The van der Waals surface area contributed by atoms with Crippen molar-refractivity contribution in [2.45, 2.75) is 142 Å². The van der Waals surface area contributed by atoms with Crippen molar-refractivity contribution in [1.82, 2.24) is 0 Å². The highest BCUT2D eigenvalue weighted by atomic mass is 16.6. The van der Waals surface area contributed by atoms with Crippen LogP contribution in [-0.4, -0.2) is 118 Å². The highest BCUT2D eigenvalue weighted by molar-refractivity contribution is 5.69. The lowest BCUT2D eigenvalue weighted by Crippen LogP contribution is -2.15. The van der Waals surface area contributed by atoms with E-state index in [4.69, 9.17) is 42.6 Å². The second-order valence-corrected chi connectivity index (χ2v) is 12.9. The molecule has 0 aliphatic rings. The van der Waals surface area contributed by atoms with Crippen molar-refractivity contribution in [2.75, 3.05) is 112 Å². The van der Waals surface area contributed by atoms with Crippen LogP contribution in [0, 0.1) is 0 Å². The number of rotatable bonds is 45. The molecule has 0 unspecified atom stereocenters. The monoisotopic (exact) mass is 721 g/mol. The Balaban J connectivity index is 3.08. The molecule has 0 atom stereocenters. The summed E-state index contributed by atoms with van der Waals surface area (Å²) in [5.74, 6) is -0.140. The van der Waals surface area contributed by atoms with Gasteiger partial charge < -0.3 is 42.6 Å². The Morgan fingerprint density at radius 1 is 0.280 bits per heavy atom. The van der Waals surface area contributed by atoms with Gasteiger partial charge >= 0.3 is 5.97 Å². The topological polar surface area (TPSA) is 100 Å². The Morgan fingerprint density at radius 2 is 0.520 bits per heavy atom. The number of esters is 1. The summed E-state index contributed by atoms with van der Waals surface area (Å²) in [5.41, 5.74) is 0. The van der Waals surface area contributed by atoms with E-state index in [1.807, 2.05) is 0 Å². The van der Waals surface area contributed by atoms with Gasteiger partial charge in [0.15, 0.2) is 0 Å². The number of hydrogen-bond acceptors (Lipinski definition) is 10. The maximum absolute atomic E-state index is 11.6. The summed E-state index contributed by atoms with van der Waals surface area (Å²) < 4.78 is 49.4. The van der Waals surface area contributed by atoms with E-state index >= 15 is 0 Å². The largest absolute Gasteiger partial charge is 0.463 e. The van der Waals surface area contributed by atoms with Crippen LogP contribution in [0.25, 0.3) is 0 Å². The standard InChI is InChI=1S/C40H80O10/c1-3-5-7-9-10-11-12-13-14-15-16-17-19-21-23-42-24-25-43-26-27-44-28-29-45-30-31-46-32-33-47-34-35-48-36-37-49-38-39-50-40(41)22-20-18-8-6-4-2/h3-39H2,1-2H3. The minimum atomic E-state index is -0.140. The molecule has 0 aromatic rings. The van der Waals surface area contributed by atoms with Gasteiger partial charge in [0.25, 0.3) is 0 Å². The molecule has 10 nitrogen and oxygen atoms in total. The van der Waals surface area contributed by atoms with Gasteiger partial charge in [-0.2, -0.15) is 0 Å². The van der Waals surface area contributed by atoms with Gasteiger partial charge in [0.2, 0.25) is 0 Å². The average Bonchev–Trinajstić information content (AvgIpc) is 3.12. The average molecular weight is 721 g/mol. The fraction of sp³-hybridized carbons (Fsp3) is 0.975. The van der Waals surface area contributed by atoms with Crippen molar-refractivity contribution in [1.29, 1.82) is 0 Å². The fourth-order valence-electron chi connectivity index (χ4n) is 5.20. The summed E-state index contributed by atoms with van der Waals surface area (Å²) in [6, 6.07) is 0. The number of ether oxygens (including phenoxy) is 9. The smallest absolute Gasteiger partial charge is 0.305 e. The predicted molar refractivity (Wildman–Crippen MR) is 201 cm³/mol. The molecule has 300 valence electrons. The second kappa shape index (κ2) is 46.2. The molecule has 0 N–H and O–H groups in total. The van der Waals surface area contributed by atoms with Crippen molar-refractivity contribution in [2.24, 2.45) is 0 Å². The summed E-state index contributed by atoms with van der Waals surface area (Å²) in [6.07, 6.45) is 25.4. The third-order valence-corrected chi connectivity index (χ3v) is 8.22. The first-order valence-corrected chi connectivity index (χ1v) is 20.6. The van der Waals surface area contributed by atoms with Crippen LogP contribution in [0.4, 0.5) is 0 Å². The van der Waals surface area contributed by atoms with Crippen LogP contribution in [0.5, 0.6) is 0 Å². The molecule has 0 bridgehead atoms. The van der Waals surface area contributed by atoms with E-state index in [0.29, 0.717) is 112 Å². The van der Waals surface area contributed by atoms with E-state index in [0.717, 1.165) is 25.9 Å². The van der Waals surface area contributed by atoms with E-state index < -0.39 is 0 Å². The van der Waals surface area contributed by atoms with Crippen LogP contribution in [0.2, 0.25) is 0 Å². The molecule has 0 amide bonds. The molecule has 0 saturated carbocycles. The molecule has 0 aliphatic carbocycles. The van der Waals surface area contributed by atoms with Gasteiger partial charge in [-0.05, 0) is 12.8 Å². The highest BCUT2D eigenvalue weighted by Gasteiger charge is 2.02. The van der Waals surface area contributed by atoms with Gasteiger partial charge in [-0.25, -0.2) is 0 Å². The lowest BCUT2D eigenvalue weighted by atomic mass is 10.0. The Labute approximate surface area is 307 Å². The Hall–Kier alpha value is -0.850. The molecule has 0 saturated heterocycles. The number of carbonyl (C=O) groups is 1. The van der Waals surface area contributed by atoms with Gasteiger partial charge in [-0.1, -0.05) is 123 Å². The first-order chi connectivity index (χ1) is 24.8. The van der Waals surface area contributed by atoms with Crippen LogP contribution < -0.4 is 0 Å². The Morgan fingerprint density at radius 3 is 0.840 bits per heavy atom. The molecular formula is C40H80O10. The summed E-state index contributed by atoms with van der Waals surface area (Å²) in [4.78, 5) is 11.6. The van der Waals surface area contributed by atoms with Crippen LogP contribution in [0.15, 0.2) is 0 Å². The van der Waals surface area contributed by atoms with Crippen molar-refractivity contribution in [3.8, 4) is 0 Å². The highest BCUT2D eigenvalue weighted by Crippen LogP contribution is 2.13. The minimum absolute atomic E-state index is 0.140. The Kier molecular flexibility index (Phi) is 45.4. The number of hydrogen-bond donors (Lipinski definition) is 0. The van der Waals surface area contributed by atoms with Crippen LogP contribution in [0.1, 0.15) is 142 Å². The zero-order chi connectivity index (χ0) is 36.1. The fourth-order valence-corrected chi connectivity index (χ4v) is 5.20. The first kappa shape index (κ1) is 49.1. The van der Waals surface area contributed by atoms with Gasteiger partial charge in [0.05, 0.1) is 99.1 Å². The molecule has 0 aromatic heterocycles. The quantitative estimate of drug-likeness (QED) is 0.0450. The molecule has 0 aromatic carbocycles. The van der Waals surface area contributed by atoms with E-state index in [1.54, 1.807) is 0 Å². The zero-order valence-corrected chi connectivity index (χ0v) is 32.7. The Bertz CT molecular complexity index is 625. The molecule has 0 fully saturated rings. The molecule has 0 rings (SSSR count). The molecule has 0 heterocycles. The van der Waals surface area contributed by atoms with E-state index in [9.17, 15) is 4.79 Å². The predicted octanol–water partition coefficient (Wildman–Crippen LogP) is 8.50. The number of carbonyl (C=O) groups excluding carboxylic acids is 1. The van der Waals surface area contributed by atoms with Gasteiger partial charge in [-0.15, -0.1) is 0 Å². The van der Waals surface area contributed by atoms with Gasteiger partial charge in [-0.3, -0.25) is 4.79 Å². The van der Waals surface area contributed by atoms with E-state index in [2.05, 4.69) is 13.8 Å². The van der Waals surface area contributed by atoms with Gasteiger partial charge in [0, 0.05) is 13.0 Å². The van der Waals surface area contributed by atoms with Crippen LogP contribution in [0.3, 0.4) is 0 Å². The normalized spacial score (nSPS) is 11.5. The molecule has 0 radical (unpaired) electrons. The van der Waals surface area contributed by atoms with Crippen molar-refractivity contribution >= 4 is 5.97 Å². The lowest BCUT2D eigenvalue weighted by molar-refractivity contribution is -0.145. The third-order valence-electron chi connectivity index (χ3n) is 8.22. The zero-order valence-electron chi connectivity index (χ0n) is 32.7. The van der Waals surface area contributed by atoms with Crippen LogP contribution >= 0.6 is 0 Å². The van der Waals surface area contributed by atoms with Crippen molar-refractivity contribution in [3.63, 3.8) is 0 Å². The molecule has 50 heavy (non-hydrogen) atoms. The van der Waals surface area contributed by atoms with E-state index in [-0.39, 0.29) is 5.97 Å². The van der Waals surface area contributed by atoms with E-state index in [1.165, 1.54) is 103 Å². The summed E-state index contributed by atoms with van der Waals surface area (Å²) in [7, 11) is 0. The second-order valence-electron chi connectivity index (χ2n) is 12.9. The molecule has 0 spiro atoms. The summed E-state index contributed by atoms with van der Waals surface area (Å²) >= 11 is 0. The van der Waals surface area contributed by atoms with Crippen LogP contribution in [-0.2, 0) is 47.4 Å². The van der Waals surface area contributed by atoms with Crippen molar-refractivity contribution in [3.05, 3.63) is 0 Å².